The summed E-state index contributed by atoms with van der Waals surface area (Å²) < 4.78 is 2.11. The number of imide groups is 1. The van der Waals surface area contributed by atoms with E-state index in [0.29, 0.717) is 35.2 Å². The molecule has 4 aliphatic heterocycles. The summed E-state index contributed by atoms with van der Waals surface area (Å²) in [7, 11) is 0. The molecule has 0 aliphatic carbocycles. The van der Waals surface area contributed by atoms with Crippen molar-refractivity contribution in [2.75, 3.05) is 13.1 Å². The number of carbonyl (C=O) groups excluding carboxylic acids is 3. The number of likely N-dealkylation sites (tertiary alicyclic amines) is 1. The van der Waals surface area contributed by atoms with Gasteiger partial charge in [-0.1, -0.05) is 41.9 Å². The van der Waals surface area contributed by atoms with Gasteiger partial charge < -0.3 is 4.90 Å². The number of aromatic nitrogens is 4. The Morgan fingerprint density at radius 2 is 1.82 bits per heavy atom. The zero-order chi connectivity index (χ0) is 38.7. The van der Waals surface area contributed by atoms with Gasteiger partial charge in [-0.15, -0.1) is 21.5 Å². The third-order valence-electron chi connectivity index (χ3n) is 11.3. The van der Waals surface area contributed by atoms with Crippen LogP contribution in [0.1, 0.15) is 98.2 Å². The van der Waals surface area contributed by atoms with Gasteiger partial charge in [0.25, 0.3) is 5.91 Å². The number of thiophene rings is 1. The molecule has 2 fully saturated rings. The number of piperidine rings is 1. The molecule has 13 heteroatoms. The Hall–Kier alpha value is -5.48. The van der Waals surface area contributed by atoms with Crippen LogP contribution in [-0.2, 0) is 29.1 Å². The molecule has 9 rings (SSSR count). The van der Waals surface area contributed by atoms with Gasteiger partial charge in [0.1, 0.15) is 28.6 Å². The molecule has 2 atom stereocenters. The fraction of sp³-hybridized carbons (Fsp3) is 0.326. The first-order valence-electron chi connectivity index (χ1n) is 19.0. The molecular formula is C43H39ClN8O3S. The number of hydrogen-bond donors (Lipinski definition) is 1. The van der Waals surface area contributed by atoms with Gasteiger partial charge in [0.2, 0.25) is 11.8 Å². The van der Waals surface area contributed by atoms with E-state index in [1.807, 2.05) is 62.5 Å². The van der Waals surface area contributed by atoms with E-state index >= 15 is 0 Å². The van der Waals surface area contributed by atoms with Gasteiger partial charge in [0, 0.05) is 60.5 Å². The predicted octanol–water partition coefficient (Wildman–Crippen LogP) is 6.13. The van der Waals surface area contributed by atoms with E-state index in [-0.39, 0.29) is 30.2 Å². The van der Waals surface area contributed by atoms with E-state index in [4.69, 9.17) is 21.6 Å². The van der Waals surface area contributed by atoms with E-state index < -0.39 is 6.04 Å². The first kappa shape index (κ1) is 36.2. The van der Waals surface area contributed by atoms with Crippen LogP contribution >= 0.6 is 22.9 Å². The second kappa shape index (κ2) is 14.5. The van der Waals surface area contributed by atoms with Gasteiger partial charge in [0.05, 0.1) is 10.6 Å². The highest BCUT2D eigenvalue weighted by Gasteiger charge is 2.40. The molecule has 7 heterocycles. The second-order valence-corrected chi connectivity index (χ2v) is 16.5. The molecule has 5 aromatic rings. The highest BCUT2D eigenvalue weighted by atomic mass is 35.5. The monoisotopic (exact) mass is 782 g/mol. The van der Waals surface area contributed by atoms with Crippen molar-refractivity contribution in [1.29, 1.82) is 0 Å². The summed E-state index contributed by atoms with van der Waals surface area (Å²) in [5.41, 5.74) is 8.69. The Morgan fingerprint density at radius 3 is 2.59 bits per heavy atom. The second-order valence-electron chi connectivity index (χ2n) is 15.1. The third kappa shape index (κ3) is 6.63. The van der Waals surface area contributed by atoms with Crippen LogP contribution in [0.15, 0.2) is 65.8 Å². The van der Waals surface area contributed by atoms with Crippen molar-refractivity contribution in [1.82, 2.24) is 34.9 Å². The molecule has 2 aromatic carbocycles. The normalized spacial score (nSPS) is 19.3. The molecule has 2 saturated heterocycles. The number of nitrogens with one attached hydrogen (secondary N) is 1. The summed E-state index contributed by atoms with van der Waals surface area (Å²) in [5.74, 6) is 8.12. The molecule has 3 amide bonds. The fourth-order valence-corrected chi connectivity index (χ4v) is 9.64. The summed E-state index contributed by atoms with van der Waals surface area (Å²) in [6.07, 6.45) is 4.46. The number of halogens is 1. The fourth-order valence-electron chi connectivity index (χ4n) is 8.30. The summed E-state index contributed by atoms with van der Waals surface area (Å²) in [6.45, 7) is 9.37. The lowest BCUT2D eigenvalue weighted by Crippen LogP contribution is -2.52. The van der Waals surface area contributed by atoms with Gasteiger partial charge in [-0.3, -0.25) is 34.2 Å². The van der Waals surface area contributed by atoms with Gasteiger partial charge in [-0.05, 0) is 104 Å². The quantitative estimate of drug-likeness (QED) is 0.156. The average molecular weight is 783 g/mol. The molecule has 0 spiro atoms. The van der Waals surface area contributed by atoms with Crippen molar-refractivity contribution in [3.63, 3.8) is 0 Å². The van der Waals surface area contributed by atoms with Gasteiger partial charge >= 0.3 is 0 Å². The number of aryl methyl sites for hydroxylation is 2. The van der Waals surface area contributed by atoms with E-state index in [9.17, 15) is 14.4 Å². The van der Waals surface area contributed by atoms with Crippen molar-refractivity contribution in [2.45, 2.75) is 71.6 Å². The number of pyridine rings is 1. The van der Waals surface area contributed by atoms with Crippen LogP contribution in [-0.4, -0.2) is 72.1 Å². The van der Waals surface area contributed by atoms with Gasteiger partial charge in [-0.25, -0.2) is 4.98 Å². The average Bonchev–Trinajstić information content (AvgIpc) is 3.80. The molecule has 0 radical (unpaired) electrons. The van der Waals surface area contributed by atoms with Crippen molar-refractivity contribution in [3.8, 4) is 16.8 Å². The van der Waals surface area contributed by atoms with E-state index in [0.717, 1.165) is 87.5 Å². The first-order valence-corrected chi connectivity index (χ1v) is 20.1. The van der Waals surface area contributed by atoms with E-state index in [1.165, 1.54) is 5.56 Å². The van der Waals surface area contributed by atoms with Crippen LogP contribution in [0, 0.1) is 31.6 Å². The first-order chi connectivity index (χ1) is 27.1. The third-order valence-corrected chi connectivity index (χ3v) is 12.7. The number of hydrogen-bond acceptors (Lipinski definition) is 9. The lowest BCUT2D eigenvalue weighted by Gasteiger charge is -2.39. The SMILES string of the molecule is Cc1c(C#Cc2ccc(CN3CC(CCc4cccc5c4CN(C4CCC(=O)NC4=O)C5=O)C3)cn2)sc2c1C(c1ccc(Cl)cc1)=N[C@@H](C)c1nnc(C)n1-2. The molecule has 1 N–H and O–H groups in total. The minimum absolute atomic E-state index is 0.123. The maximum absolute atomic E-state index is 13.2. The summed E-state index contributed by atoms with van der Waals surface area (Å²) in [4.78, 5) is 52.2. The molecule has 56 heavy (non-hydrogen) atoms. The topological polar surface area (TPSA) is 126 Å². The minimum Gasteiger partial charge on any atom is -0.322 e. The predicted molar refractivity (Wildman–Crippen MR) is 214 cm³/mol. The van der Waals surface area contributed by atoms with Gasteiger partial charge in [0.15, 0.2) is 5.82 Å². The highest BCUT2D eigenvalue weighted by Crippen LogP contribution is 2.39. The smallest absolute Gasteiger partial charge is 0.255 e. The number of fused-ring (bicyclic) bond motifs is 4. The standard InChI is InChI=1S/C43H39ClN8O3S/c1-24-36(56-43-38(24)39(30-10-12-31(44)13-11-30)46-25(2)40-49-48-26(3)52(40)43)17-15-32-14-8-27(19-45-32)20-50-21-28(22-50)7-9-29-5-4-6-33-34(29)23-51(42(33)55)35-16-18-37(53)47-41(35)54/h4-6,8,10-14,19,25,28,35H,7,9,16,18,20-23H2,1-3H3,(H,47,53,54)/t25-,35?/m0/s1. The number of benzene rings is 2. The molecule has 282 valence electrons. The number of rotatable bonds is 7. The van der Waals surface area contributed by atoms with E-state index in [2.05, 4.69) is 55.9 Å². The van der Waals surface area contributed by atoms with Gasteiger partial charge in [-0.2, -0.15) is 0 Å². The van der Waals surface area contributed by atoms with Crippen LogP contribution in [0.2, 0.25) is 5.02 Å². The van der Waals surface area contributed by atoms with Crippen LogP contribution in [0.3, 0.4) is 0 Å². The lowest BCUT2D eigenvalue weighted by molar-refractivity contribution is -0.136. The summed E-state index contributed by atoms with van der Waals surface area (Å²) in [5, 5.41) is 12.9. The number of aliphatic imine (C=N–C) groups is 1. The van der Waals surface area contributed by atoms with E-state index in [1.54, 1.807) is 16.2 Å². The number of carbonyl (C=O) groups is 3. The Labute approximate surface area is 333 Å². The maximum Gasteiger partial charge on any atom is 0.255 e. The minimum atomic E-state index is -0.597. The summed E-state index contributed by atoms with van der Waals surface area (Å²) in [6, 6.07) is 17.0. The largest absolute Gasteiger partial charge is 0.322 e. The molecule has 0 bridgehead atoms. The van der Waals surface area contributed by atoms with Crippen LogP contribution in [0.5, 0.6) is 0 Å². The van der Waals surface area contributed by atoms with Crippen molar-refractivity contribution < 1.29 is 14.4 Å². The highest BCUT2D eigenvalue weighted by molar-refractivity contribution is 7.15. The lowest BCUT2D eigenvalue weighted by atomic mass is 9.90. The van der Waals surface area contributed by atoms with Crippen molar-refractivity contribution in [3.05, 3.63) is 127 Å². The molecule has 1 unspecified atom stereocenters. The van der Waals surface area contributed by atoms with Crippen molar-refractivity contribution in [2.24, 2.45) is 10.9 Å². The Kier molecular flexibility index (Phi) is 9.40. The zero-order valence-electron chi connectivity index (χ0n) is 31.3. The molecule has 3 aromatic heterocycles. The molecule has 11 nitrogen and oxygen atoms in total. The van der Waals surface area contributed by atoms with Crippen molar-refractivity contribution >= 4 is 46.4 Å². The molecular weight excluding hydrogens is 744 g/mol. The molecule has 4 aliphatic rings. The number of amides is 3. The maximum atomic E-state index is 13.2. The Morgan fingerprint density at radius 1 is 1.00 bits per heavy atom. The van der Waals surface area contributed by atoms with Crippen LogP contribution in [0.25, 0.3) is 5.00 Å². The summed E-state index contributed by atoms with van der Waals surface area (Å²) >= 11 is 7.86. The zero-order valence-corrected chi connectivity index (χ0v) is 32.9. The number of nitrogens with zero attached hydrogens (tertiary/aromatic N) is 7. The Bertz CT molecular complexity index is 2510. The molecule has 0 saturated carbocycles. The van der Waals surface area contributed by atoms with Crippen LogP contribution in [0.4, 0.5) is 0 Å². The Balaban J connectivity index is 0.832. The van der Waals surface area contributed by atoms with Crippen LogP contribution < -0.4 is 5.32 Å².